The van der Waals surface area contributed by atoms with Gasteiger partial charge in [-0.1, -0.05) is 17.7 Å². The number of carbonyl (C=O) groups is 1. The highest BCUT2D eigenvalue weighted by Gasteiger charge is 2.16. The molecular formula is C19H16ClN5O3. The zero-order valence-electron chi connectivity index (χ0n) is 15.1. The van der Waals surface area contributed by atoms with Crippen molar-refractivity contribution in [1.29, 1.82) is 0 Å². The van der Waals surface area contributed by atoms with Gasteiger partial charge in [-0.15, -0.1) is 0 Å². The lowest BCUT2D eigenvalue weighted by Crippen LogP contribution is -2.13. The molecule has 8 nitrogen and oxygen atoms in total. The number of benzene rings is 2. The molecule has 0 saturated heterocycles. The molecule has 0 aliphatic rings. The summed E-state index contributed by atoms with van der Waals surface area (Å²) in [7, 11) is 0. The van der Waals surface area contributed by atoms with Crippen molar-refractivity contribution in [2.45, 2.75) is 13.8 Å². The number of non-ortho nitro benzene ring substituents is 1. The van der Waals surface area contributed by atoms with Crippen molar-refractivity contribution in [1.82, 2.24) is 9.97 Å². The monoisotopic (exact) mass is 397 g/mol. The van der Waals surface area contributed by atoms with E-state index in [4.69, 9.17) is 11.6 Å². The Hall–Kier alpha value is -3.52. The van der Waals surface area contributed by atoms with E-state index in [2.05, 4.69) is 20.6 Å². The van der Waals surface area contributed by atoms with E-state index in [1.807, 2.05) is 19.9 Å². The maximum absolute atomic E-state index is 12.5. The molecule has 0 saturated carbocycles. The van der Waals surface area contributed by atoms with Crippen LogP contribution in [0.25, 0.3) is 0 Å². The number of amides is 1. The average Bonchev–Trinajstić information content (AvgIpc) is 2.61. The Bertz CT molecular complexity index is 1050. The summed E-state index contributed by atoms with van der Waals surface area (Å²) in [5.41, 5.74) is 2.64. The molecule has 9 heteroatoms. The smallest absolute Gasteiger partial charge is 0.270 e. The van der Waals surface area contributed by atoms with Gasteiger partial charge in [-0.2, -0.15) is 0 Å². The van der Waals surface area contributed by atoms with E-state index in [0.29, 0.717) is 17.3 Å². The van der Waals surface area contributed by atoms with E-state index < -0.39 is 10.8 Å². The van der Waals surface area contributed by atoms with Crippen molar-refractivity contribution in [3.63, 3.8) is 0 Å². The third kappa shape index (κ3) is 4.60. The average molecular weight is 398 g/mol. The third-order valence-corrected chi connectivity index (χ3v) is 4.09. The van der Waals surface area contributed by atoms with Gasteiger partial charge in [0.1, 0.15) is 0 Å². The van der Waals surface area contributed by atoms with Crippen LogP contribution in [-0.2, 0) is 0 Å². The molecule has 0 spiro atoms. The second kappa shape index (κ2) is 8.01. The first-order valence-corrected chi connectivity index (χ1v) is 8.64. The molecule has 0 unspecified atom stereocenters. The van der Waals surface area contributed by atoms with Gasteiger partial charge >= 0.3 is 0 Å². The fourth-order valence-electron chi connectivity index (χ4n) is 2.58. The van der Waals surface area contributed by atoms with Crippen LogP contribution in [0.2, 0.25) is 5.02 Å². The molecule has 0 atom stereocenters. The number of rotatable bonds is 5. The number of nitrogens with zero attached hydrogens (tertiary/aromatic N) is 3. The number of hydrogen-bond acceptors (Lipinski definition) is 6. The highest BCUT2D eigenvalue weighted by Crippen LogP contribution is 2.24. The van der Waals surface area contributed by atoms with Crippen LogP contribution in [0.15, 0.2) is 48.5 Å². The van der Waals surface area contributed by atoms with E-state index in [9.17, 15) is 14.9 Å². The third-order valence-electron chi connectivity index (χ3n) is 3.76. The van der Waals surface area contributed by atoms with Gasteiger partial charge in [0, 0.05) is 34.9 Å². The van der Waals surface area contributed by atoms with Crippen molar-refractivity contribution in [3.05, 3.63) is 80.6 Å². The summed E-state index contributed by atoms with van der Waals surface area (Å²) in [5, 5.41) is 16.8. The fraction of sp³-hybridized carbons (Fsp3) is 0.105. The summed E-state index contributed by atoms with van der Waals surface area (Å²) in [4.78, 5) is 31.5. The highest BCUT2D eigenvalue weighted by molar-refractivity contribution is 6.34. The summed E-state index contributed by atoms with van der Waals surface area (Å²) in [6, 6.07) is 12.5. The van der Waals surface area contributed by atoms with Gasteiger partial charge in [0.05, 0.1) is 15.5 Å². The zero-order chi connectivity index (χ0) is 20.3. The van der Waals surface area contributed by atoms with Gasteiger partial charge in [0.2, 0.25) is 5.95 Å². The van der Waals surface area contributed by atoms with Crippen LogP contribution >= 0.6 is 11.6 Å². The number of hydrogen-bond donors (Lipinski definition) is 2. The SMILES string of the molecule is Cc1cc(C)nc(Nc2cccc(NC(=O)c3cc([N+](=O)[O-])ccc3Cl)c2)n1. The van der Waals surface area contributed by atoms with Crippen LogP contribution < -0.4 is 10.6 Å². The molecule has 3 aromatic rings. The molecule has 0 bridgehead atoms. The molecule has 142 valence electrons. The van der Waals surface area contributed by atoms with Crippen molar-refractivity contribution in [3.8, 4) is 0 Å². The largest absolute Gasteiger partial charge is 0.324 e. The summed E-state index contributed by atoms with van der Waals surface area (Å²) >= 11 is 6.02. The number of nitro benzene ring substituents is 1. The van der Waals surface area contributed by atoms with Crippen molar-refractivity contribution >= 4 is 40.5 Å². The Balaban J connectivity index is 1.80. The summed E-state index contributed by atoms with van der Waals surface area (Å²) in [6.45, 7) is 3.75. The minimum atomic E-state index is -0.582. The van der Waals surface area contributed by atoms with Crippen LogP contribution in [-0.4, -0.2) is 20.8 Å². The van der Waals surface area contributed by atoms with Crippen LogP contribution in [0.5, 0.6) is 0 Å². The van der Waals surface area contributed by atoms with Crippen LogP contribution in [0.4, 0.5) is 23.0 Å². The first-order chi connectivity index (χ1) is 13.3. The minimum Gasteiger partial charge on any atom is -0.324 e. The maximum Gasteiger partial charge on any atom is 0.270 e. The van der Waals surface area contributed by atoms with Gasteiger partial charge in [-0.05, 0) is 44.2 Å². The molecule has 0 aliphatic heterocycles. The van der Waals surface area contributed by atoms with Gasteiger partial charge in [0.15, 0.2) is 0 Å². The molecule has 2 N–H and O–H groups in total. The number of carbonyl (C=O) groups excluding carboxylic acids is 1. The predicted octanol–water partition coefficient (Wildman–Crippen LogP) is 4.65. The second-order valence-electron chi connectivity index (χ2n) is 6.06. The Morgan fingerprint density at radius 3 is 2.39 bits per heavy atom. The van der Waals surface area contributed by atoms with Crippen LogP contribution in [0.3, 0.4) is 0 Å². The first kappa shape index (κ1) is 19.2. The number of nitro groups is 1. The topological polar surface area (TPSA) is 110 Å². The van der Waals surface area contributed by atoms with Gasteiger partial charge in [0.25, 0.3) is 11.6 Å². The standard InChI is InChI=1S/C19H16ClN5O3/c1-11-8-12(2)22-19(21-11)24-14-5-3-4-13(9-14)23-18(26)16-10-15(25(27)28)6-7-17(16)20/h3-10H,1-2H3,(H,23,26)(H,21,22,24). The lowest BCUT2D eigenvalue weighted by Gasteiger charge is -2.10. The molecular weight excluding hydrogens is 382 g/mol. The zero-order valence-corrected chi connectivity index (χ0v) is 15.8. The molecule has 1 heterocycles. The van der Waals surface area contributed by atoms with Gasteiger partial charge in [-0.25, -0.2) is 9.97 Å². The Morgan fingerprint density at radius 2 is 1.71 bits per heavy atom. The van der Waals surface area contributed by atoms with Crippen molar-refractivity contribution in [2.75, 3.05) is 10.6 Å². The molecule has 3 rings (SSSR count). The highest BCUT2D eigenvalue weighted by atomic mass is 35.5. The lowest BCUT2D eigenvalue weighted by molar-refractivity contribution is -0.384. The van der Waals surface area contributed by atoms with Crippen LogP contribution in [0, 0.1) is 24.0 Å². The number of aryl methyl sites for hydroxylation is 2. The quantitative estimate of drug-likeness (QED) is 0.479. The number of aromatic nitrogens is 2. The van der Waals surface area contributed by atoms with E-state index in [1.165, 1.54) is 12.1 Å². The lowest BCUT2D eigenvalue weighted by atomic mass is 10.1. The number of halogens is 1. The summed E-state index contributed by atoms with van der Waals surface area (Å²) in [6.07, 6.45) is 0. The van der Waals surface area contributed by atoms with Crippen molar-refractivity contribution in [2.24, 2.45) is 0 Å². The predicted molar refractivity (Wildman–Crippen MR) is 107 cm³/mol. The number of anilines is 3. The first-order valence-electron chi connectivity index (χ1n) is 8.26. The van der Waals surface area contributed by atoms with Gasteiger partial charge < -0.3 is 10.6 Å². The summed E-state index contributed by atoms with van der Waals surface area (Å²) in [5.74, 6) is -0.101. The van der Waals surface area contributed by atoms with E-state index in [0.717, 1.165) is 17.5 Å². The van der Waals surface area contributed by atoms with E-state index in [1.54, 1.807) is 24.3 Å². The maximum atomic E-state index is 12.5. The summed E-state index contributed by atoms with van der Waals surface area (Å²) < 4.78 is 0. The van der Waals surface area contributed by atoms with Crippen molar-refractivity contribution < 1.29 is 9.72 Å². The molecule has 0 fully saturated rings. The minimum absolute atomic E-state index is 0.0203. The molecule has 0 aliphatic carbocycles. The molecule has 0 radical (unpaired) electrons. The molecule has 28 heavy (non-hydrogen) atoms. The van der Waals surface area contributed by atoms with E-state index in [-0.39, 0.29) is 16.3 Å². The van der Waals surface area contributed by atoms with Crippen LogP contribution in [0.1, 0.15) is 21.7 Å². The Labute approximate surface area is 165 Å². The molecule has 1 aromatic heterocycles. The normalized spacial score (nSPS) is 10.4. The Kier molecular flexibility index (Phi) is 5.51. The molecule has 2 aromatic carbocycles. The second-order valence-corrected chi connectivity index (χ2v) is 6.46. The Morgan fingerprint density at radius 1 is 1.04 bits per heavy atom. The van der Waals surface area contributed by atoms with E-state index >= 15 is 0 Å². The molecule has 1 amide bonds. The fourth-order valence-corrected chi connectivity index (χ4v) is 2.79. The number of nitrogens with one attached hydrogen (secondary N) is 2. The van der Waals surface area contributed by atoms with Gasteiger partial charge in [-0.3, -0.25) is 14.9 Å².